The first-order valence-corrected chi connectivity index (χ1v) is 8.28. The number of fused-ring (bicyclic) bond motifs is 1. The van der Waals surface area contributed by atoms with Crippen molar-refractivity contribution in [1.29, 1.82) is 0 Å². The zero-order chi connectivity index (χ0) is 14.0. The molecule has 0 radical (unpaired) electrons. The molecule has 2 nitrogen and oxygen atoms in total. The van der Waals surface area contributed by atoms with E-state index in [2.05, 4.69) is 18.3 Å². The topological polar surface area (TPSA) is 32.3 Å². The molecule has 2 aliphatic rings. The molecule has 0 spiro atoms. The molecule has 1 unspecified atom stereocenters. The van der Waals surface area contributed by atoms with Gasteiger partial charge < -0.3 is 10.4 Å². The van der Waals surface area contributed by atoms with E-state index in [-0.39, 0.29) is 0 Å². The Hall–Kier alpha value is -1.02. The molecule has 1 aromatic carbocycles. The lowest BCUT2D eigenvalue weighted by atomic mass is 9.82. The summed E-state index contributed by atoms with van der Waals surface area (Å²) in [6.45, 7) is 3.48. The average Bonchev–Trinajstić information content (AvgIpc) is 2.94. The number of nitrogens with one attached hydrogen (secondary N) is 1. The standard InChI is InChI=1S/C18H27NO/c1-2-18(10-3-4-11-18)13-19-17-7-5-6-14-8-9-15(20)12-16(14)17/h8-9,12,17,19-20H,2-7,10-11,13H2,1H3. The Morgan fingerprint density at radius 2 is 2.05 bits per heavy atom. The number of hydrogen-bond donors (Lipinski definition) is 2. The Kier molecular flexibility index (Phi) is 4.02. The summed E-state index contributed by atoms with van der Waals surface area (Å²) in [6.07, 6.45) is 10.5. The number of phenolic OH excluding ortho intramolecular Hbond substituents is 1. The fraction of sp³-hybridized carbons (Fsp3) is 0.667. The molecule has 1 fully saturated rings. The summed E-state index contributed by atoms with van der Waals surface area (Å²) in [7, 11) is 0. The molecule has 20 heavy (non-hydrogen) atoms. The largest absolute Gasteiger partial charge is 0.508 e. The first-order chi connectivity index (χ1) is 9.72. The van der Waals surface area contributed by atoms with Gasteiger partial charge in [0.1, 0.15) is 5.75 Å². The molecular weight excluding hydrogens is 246 g/mol. The van der Waals surface area contributed by atoms with Gasteiger partial charge in [-0.1, -0.05) is 25.8 Å². The lowest BCUT2D eigenvalue weighted by Crippen LogP contribution is -2.35. The van der Waals surface area contributed by atoms with E-state index in [1.165, 1.54) is 56.1 Å². The third kappa shape index (κ3) is 2.71. The average molecular weight is 273 g/mol. The van der Waals surface area contributed by atoms with Crippen molar-refractivity contribution in [3.63, 3.8) is 0 Å². The van der Waals surface area contributed by atoms with Crippen LogP contribution in [0.1, 0.15) is 69.0 Å². The van der Waals surface area contributed by atoms with Crippen molar-refractivity contribution in [2.45, 2.75) is 64.3 Å². The molecule has 110 valence electrons. The summed E-state index contributed by atoms with van der Waals surface area (Å²) in [6, 6.07) is 6.34. The highest BCUT2D eigenvalue weighted by molar-refractivity contribution is 5.38. The number of aromatic hydroxyl groups is 1. The molecule has 0 amide bonds. The Labute approximate surface area is 122 Å². The Bertz CT molecular complexity index is 462. The van der Waals surface area contributed by atoms with Crippen molar-refractivity contribution < 1.29 is 5.11 Å². The number of phenols is 1. The van der Waals surface area contributed by atoms with Gasteiger partial charge >= 0.3 is 0 Å². The molecule has 2 aliphatic carbocycles. The van der Waals surface area contributed by atoms with E-state index in [0.717, 1.165) is 13.0 Å². The van der Waals surface area contributed by atoms with Gasteiger partial charge in [0.25, 0.3) is 0 Å². The number of rotatable bonds is 4. The van der Waals surface area contributed by atoms with Crippen LogP contribution in [-0.4, -0.2) is 11.7 Å². The molecule has 1 aromatic rings. The molecule has 1 saturated carbocycles. The summed E-state index contributed by atoms with van der Waals surface area (Å²) in [5.74, 6) is 0.406. The van der Waals surface area contributed by atoms with Gasteiger partial charge in [-0.05, 0) is 67.2 Å². The van der Waals surface area contributed by atoms with Crippen LogP contribution in [0.2, 0.25) is 0 Å². The summed E-state index contributed by atoms with van der Waals surface area (Å²) in [4.78, 5) is 0. The van der Waals surface area contributed by atoms with Gasteiger partial charge in [-0.3, -0.25) is 0 Å². The predicted octanol–water partition coefficient (Wildman–Crippen LogP) is 4.33. The van der Waals surface area contributed by atoms with Crippen LogP contribution in [0.3, 0.4) is 0 Å². The monoisotopic (exact) mass is 273 g/mol. The van der Waals surface area contributed by atoms with E-state index in [0.29, 0.717) is 17.2 Å². The fourth-order valence-corrected chi connectivity index (χ4v) is 4.12. The second-order valence-electron chi connectivity index (χ2n) is 6.77. The summed E-state index contributed by atoms with van der Waals surface area (Å²) in [5, 5.41) is 13.6. The minimum Gasteiger partial charge on any atom is -0.508 e. The van der Waals surface area contributed by atoms with Crippen molar-refractivity contribution in [3.8, 4) is 5.75 Å². The maximum atomic E-state index is 9.75. The van der Waals surface area contributed by atoms with E-state index in [1.807, 2.05) is 12.1 Å². The van der Waals surface area contributed by atoms with Crippen molar-refractivity contribution in [2.24, 2.45) is 5.41 Å². The first-order valence-electron chi connectivity index (χ1n) is 8.28. The SMILES string of the molecule is CCC1(CNC2CCCc3ccc(O)cc32)CCCC1. The van der Waals surface area contributed by atoms with Gasteiger partial charge in [0.2, 0.25) is 0 Å². The maximum absolute atomic E-state index is 9.75. The zero-order valence-corrected chi connectivity index (χ0v) is 12.6. The fourth-order valence-electron chi connectivity index (χ4n) is 4.12. The third-order valence-corrected chi connectivity index (χ3v) is 5.58. The van der Waals surface area contributed by atoms with Crippen LogP contribution in [0.15, 0.2) is 18.2 Å². The third-order valence-electron chi connectivity index (χ3n) is 5.58. The molecule has 1 atom stereocenters. The highest BCUT2D eigenvalue weighted by Gasteiger charge is 2.33. The van der Waals surface area contributed by atoms with Gasteiger partial charge in [0.05, 0.1) is 0 Å². The van der Waals surface area contributed by atoms with E-state index in [9.17, 15) is 5.11 Å². The van der Waals surface area contributed by atoms with Crippen LogP contribution in [-0.2, 0) is 6.42 Å². The highest BCUT2D eigenvalue weighted by atomic mass is 16.3. The minimum absolute atomic E-state index is 0.406. The van der Waals surface area contributed by atoms with Gasteiger partial charge in [-0.15, -0.1) is 0 Å². The van der Waals surface area contributed by atoms with Crippen molar-refractivity contribution in [2.75, 3.05) is 6.54 Å². The normalized spacial score (nSPS) is 24.6. The lowest BCUT2D eigenvalue weighted by molar-refractivity contribution is 0.250. The van der Waals surface area contributed by atoms with Crippen molar-refractivity contribution in [1.82, 2.24) is 5.32 Å². The molecule has 0 aliphatic heterocycles. The van der Waals surface area contributed by atoms with E-state index < -0.39 is 0 Å². The number of hydrogen-bond acceptors (Lipinski definition) is 2. The summed E-state index contributed by atoms with van der Waals surface area (Å²) < 4.78 is 0. The number of benzene rings is 1. The van der Waals surface area contributed by atoms with Crippen LogP contribution < -0.4 is 5.32 Å². The second-order valence-corrected chi connectivity index (χ2v) is 6.77. The minimum atomic E-state index is 0.406. The van der Waals surface area contributed by atoms with E-state index in [1.54, 1.807) is 0 Å². The van der Waals surface area contributed by atoms with Crippen LogP contribution in [0, 0.1) is 5.41 Å². The molecule has 3 rings (SSSR count). The second kappa shape index (κ2) is 5.77. The van der Waals surface area contributed by atoms with Gasteiger partial charge in [-0.25, -0.2) is 0 Å². The number of aryl methyl sites for hydroxylation is 1. The van der Waals surface area contributed by atoms with Crippen LogP contribution in [0.25, 0.3) is 0 Å². The van der Waals surface area contributed by atoms with Crippen molar-refractivity contribution in [3.05, 3.63) is 29.3 Å². The Morgan fingerprint density at radius 1 is 1.25 bits per heavy atom. The van der Waals surface area contributed by atoms with Crippen LogP contribution in [0.4, 0.5) is 0 Å². The molecule has 0 saturated heterocycles. The molecule has 2 N–H and O–H groups in total. The smallest absolute Gasteiger partial charge is 0.115 e. The van der Waals surface area contributed by atoms with Gasteiger partial charge in [-0.2, -0.15) is 0 Å². The summed E-state index contributed by atoms with van der Waals surface area (Å²) in [5.41, 5.74) is 3.29. The Balaban J connectivity index is 1.71. The van der Waals surface area contributed by atoms with Crippen LogP contribution in [0.5, 0.6) is 5.75 Å². The molecule has 0 heterocycles. The molecule has 0 bridgehead atoms. The predicted molar refractivity (Wildman–Crippen MR) is 83.0 cm³/mol. The lowest BCUT2D eigenvalue weighted by Gasteiger charge is -2.33. The molecule has 2 heteroatoms. The zero-order valence-electron chi connectivity index (χ0n) is 12.6. The first kappa shape index (κ1) is 13.9. The highest BCUT2D eigenvalue weighted by Crippen LogP contribution is 2.41. The maximum Gasteiger partial charge on any atom is 0.115 e. The molecular formula is C18H27NO. The van der Waals surface area contributed by atoms with Crippen molar-refractivity contribution >= 4 is 0 Å². The van der Waals surface area contributed by atoms with E-state index in [4.69, 9.17) is 0 Å². The Morgan fingerprint density at radius 3 is 2.80 bits per heavy atom. The molecule has 0 aromatic heterocycles. The van der Waals surface area contributed by atoms with E-state index >= 15 is 0 Å². The summed E-state index contributed by atoms with van der Waals surface area (Å²) >= 11 is 0. The quantitative estimate of drug-likeness (QED) is 0.856. The van der Waals surface area contributed by atoms with Gasteiger partial charge in [0.15, 0.2) is 0 Å². The van der Waals surface area contributed by atoms with Gasteiger partial charge in [0, 0.05) is 12.6 Å². The van der Waals surface area contributed by atoms with Crippen LogP contribution >= 0.6 is 0 Å².